The van der Waals surface area contributed by atoms with Gasteiger partial charge in [-0.1, -0.05) is 44.2 Å². The monoisotopic (exact) mass is 436 g/mol. The largest absolute Gasteiger partial charge is 0.341 e. The maximum absolute atomic E-state index is 13.2. The minimum atomic E-state index is -0.553. The van der Waals surface area contributed by atoms with Crippen molar-refractivity contribution in [3.05, 3.63) is 59.6 Å². The van der Waals surface area contributed by atoms with Crippen molar-refractivity contribution in [2.75, 3.05) is 18.4 Å². The number of hydrogen-bond acceptors (Lipinski definition) is 4. The Hall–Kier alpha value is -2.93. The van der Waals surface area contributed by atoms with E-state index in [9.17, 15) is 9.59 Å². The van der Waals surface area contributed by atoms with Crippen molar-refractivity contribution < 1.29 is 9.59 Å². The fraction of sp³-hybridized carbons (Fsp3) is 0.375. The molecule has 3 aromatic rings. The maximum atomic E-state index is 13.2. The van der Waals surface area contributed by atoms with Crippen molar-refractivity contribution in [2.45, 2.75) is 38.6 Å². The highest BCUT2D eigenvalue weighted by Crippen LogP contribution is 2.34. The normalized spacial score (nSPS) is 15.8. The number of para-hydroxylation sites is 2. The molecular weight excluding hydrogens is 408 g/mol. The van der Waals surface area contributed by atoms with Crippen LogP contribution in [0.25, 0.3) is 10.2 Å². The lowest BCUT2D eigenvalue weighted by Crippen LogP contribution is -2.53. The van der Waals surface area contributed by atoms with Gasteiger partial charge in [-0.05, 0) is 43.0 Å². The summed E-state index contributed by atoms with van der Waals surface area (Å²) in [5.41, 5.74) is 1.75. The van der Waals surface area contributed by atoms with Gasteiger partial charge in [0, 0.05) is 24.7 Å². The highest BCUT2D eigenvalue weighted by Gasteiger charge is 2.32. The zero-order valence-corrected chi connectivity index (χ0v) is 18.7. The number of hydrogen-bond donors (Lipinski definition) is 2. The van der Waals surface area contributed by atoms with Gasteiger partial charge in [0.05, 0.1) is 15.2 Å². The van der Waals surface area contributed by atoms with E-state index in [1.54, 1.807) is 11.3 Å². The zero-order chi connectivity index (χ0) is 21.8. The Labute approximate surface area is 186 Å². The lowest BCUT2D eigenvalue weighted by atomic mass is 9.95. The number of benzene rings is 2. The molecule has 2 N–H and O–H groups in total. The molecule has 31 heavy (non-hydrogen) atoms. The Kier molecular flexibility index (Phi) is 6.51. The van der Waals surface area contributed by atoms with Crippen molar-refractivity contribution >= 4 is 39.2 Å². The molecule has 1 aliphatic rings. The van der Waals surface area contributed by atoms with Gasteiger partial charge in [-0.25, -0.2) is 9.78 Å². The summed E-state index contributed by atoms with van der Waals surface area (Å²) < 4.78 is 1.21. The number of piperidine rings is 1. The molecule has 3 amide bonds. The maximum Gasteiger partial charge on any atom is 0.319 e. The zero-order valence-electron chi connectivity index (χ0n) is 17.9. The highest BCUT2D eigenvalue weighted by atomic mass is 32.1. The van der Waals surface area contributed by atoms with Crippen molar-refractivity contribution in [1.82, 2.24) is 15.2 Å². The quantitative estimate of drug-likeness (QED) is 0.600. The molecule has 0 radical (unpaired) electrons. The molecule has 7 heteroatoms. The van der Waals surface area contributed by atoms with Gasteiger partial charge in [0.25, 0.3) is 0 Å². The van der Waals surface area contributed by atoms with Crippen LogP contribution in [0.15, 0.2) is 54.6 Å². The molecule has 2 aromatic carbocycles. The molecule has 0 saturated carbocycles. The topological polar surface area (TPSA) is 74.3 Å². The Morgan fingerprint density at radius 1 is 1.03 bits per heavy atom. The Morgan fingerprint density at radius 2 is 1.71 bits per heavy atom. The average Bonchev–Trinajstić information content (AvgIpc) is 3.22. The first-order valence-electron chi connectivity index (χ1n) is 10.8. The molecule has 162 valence electrons. The molecule has 0 aliphatic carbocycles. The molecule has 1 aliphatic heterocycles. The van der Waals surface area contributed by atoms with E-state index in [2.05, 4.69) is 16.7 Å². The first-order chi connectivity index (χ1) is 15.0. The second kappa shape index (κ2) is 9.47. The van der Waals surface area contributed by atoms with Gasteiger partial charge in [0.15, 0.2) is 0 Å². The molecule has 1 unspecified atom stereocenters. The first kappa shape index (κ1) is 21.3. The summed E-state index contributed by atoms with van der Waals surface area (Å²) >= 11 is 1.75. The third kappa shape index (κ3) is 5.05. The van der Waals surface area contributed by atoms with Gasteiger partial charge in [0.1, 0.15) is 6.04 Å². The van der Waals surface area contributed by atoms with Crippen LogP contribution in [-0.2, 0) is 4.79 Å². The lowest BCUT2D eigenvalue weighted by Gasteiger charge is -2.34. The van der Waals surface area contributed by atoms with Crippen LogP contribution in [0.5, 0.6) is 0 Å². The number of urea groups is 1. The van der Waals surface area contributed by atoms with Crippen LogP contribution in [0, 0.1) is 5.92 Å². The van der Waals surface area contributed by atoms with E-state index >= 15 is 0 Å². The minimum absolute atomic E-state index is 0.00370. The number of fused-ring (bicyclic) bond motifs is 1. The summed E-state index contributed by atoms with van der Waals surface area (Å²) in [7, 11) is 0. The summed E-state index contributed by atoms with van der Waals surface area (Å²) in [6, 6.07) is 16.5. The second-order valence-electron chi connectivity index (χ2n) is 8.31. The van der Waals surface area contributed by atoms with Crippen molar-refractivity contribution in [2.24, 2.45) is 5.92 Å². The Bertz CT molecular complexity index is 1010. The predicted molar refractivity (Wildman–Crippen MR) is 125 cm³/mol. The van der Waals surface area contributed by atoms with E-state index < -0.39 is 6.04 Å². The molecule has 6 nitrogen and oxygen atoms in total. The number of nitrogens with one attached hydrogen (secondary N) is 2. The van der Waals surface area contributed by atoms with E-state index in [4.69, 9.17) is 4.98 Å². The summed E-state index contributed by atoms with van der Waals surface area (Å²) in [4.78, 5) is 32.3. The number of amides is 3. The number of rotatable bonds is 5. The lowest BCUT2D eigenvalue weighted by molar-refractivity contribution is -0.135. The van der Waals surface area contributed by atoms with Crippen LogP contribution in [-0.4, -0.2) is 41.0 Å². The predicted octanol–water partition coefficient (Wildman–Crippen LogP) is 4.85. The summed E-state index contributed by atoms with van der Waals surface area (Å²) in [5.74, 6) is 0.366. The fourth-order valence-corrected chi connectivity index (χ4v) is 5.09. The SMILES string of the molecule is CC(C)C(NC(=O)Nc1ccccc1)C(=O)N1CCC(c2nc3ccccc3s2)CC1. The van der Waals surface area contributed by atoms with Gasteiger partial charge in [-0.3, -0.25) is 4.79 Å². The smallest absolute Gasteiger partial charge is 0.319 e. The van der Waals surface area contributed by atoms with E-state index in [1.165, 1.54) is 4.70 Å². The van der Waals surface area contributed by atoms with Gasteiger partial charge in [0.2, 0.25) is 5.91 Å². The number of carbonyl (C=O) groups is 2. The summed E-state index contributed by atoms with van der Waals surface area (Å²) in [5, 5.41) is 6.83. The Morgan fingerprint density at radius 3 is 2.39 bits per heavy atom. The number of aromatic nitrogens is 1. The number of carbonyl (C=O) groups excluding carboxylic acids is 2. The van der Waals surface area contributed by atoms with E-state index in [0.29, 0.717) is 24.7 Å². The fourth-order valence-electron chi connectivity index (χ4n) is 3.95. The van der Waals surface area contributed by atoms with E-state index in [1.807, 2.05) is 67.3 Å². The molecular formula is C24H28N4O2S. The van der Waals surface area contributed by atoms with Gasteiger partial charge < -0.3 is 15.5 Å². The number of thiazole rings is 1. The molecule has 1 atom stereocenters. The van der Waals surface area contributed by atoms with Crippen LogP contribution in [0.4, 0.5) is 10.5 Å². The molecule has 1 fully saturated rings. The average molecular weight is 437 g/mol. The van der Waals surface area contributed by atoms with Crippen LogP contribution < -0.4 is 10.6 Å². The van der Waals surface area contributed by atoms with Crippen molar-refractivity contribution in [1.29, 1.82) is 0 Å². The summed E-state index contributed by atoms with van der Waals surface area (Å²) in [6.07, 6.45) is 1.79. The standard InChI is InChI=1S/C24H28N4O2S/c1-16(2)21(27-24(30)25-18-8-4-3-5-9-18)23(29)28-14-12-17(13-15-28)22-26-19-10-6-7-11-20(19)31-22/h3-11,16-17,21H,12-15H2,1-2H3,(H2,25,27,30). The van der Waals surface area contributed by atoms with E-state index in [0.717, 1.165) is 23.4 Å². The van der Waals surface area contributed by atoms with Gasteiger partial charge in [-0.2, -0.15) is 0 Å². The third-order valence-corrected chi connectivity index (χ3v) is 6.92. The molecule has 0 bridgehead atoms. The van der Waals surface area contributed by atoms with Crippen LogP contribution in [0.2, 0.25) is 0 Å². The van der Waals surface area contributed by atoms with E-state index in [-0.39, 0.29) is 17.9 Å². The first-order valence-corrected chi connectivity index (χ1v) is 11.6. The van der Waals surface area contributed by atoms with Crippen molar-refractivity contribution in [3.63, 3.8) is 0 Å². The van der Waals surface area contributed by atoms with Crippen LogP contribution in [0.1, 0.15) is 37.6 Å². The molecule has 2 heterocycles. The van der Waals surface area contributed by atoms with Crippen molar-refractivity contribution in [3.8, 4) is 0 Å². The molecule has 1 aromatic heterocycles. The number of likely N-dealkylation sites (tertiary alicyclic amines) is 1. The summed E-state index contributed by atoms with van der Waals surface area (Å²) in [6.45, 7) is 5.29. The second-order valence-corrected chi connectivity index (χ2v) is 9.37. The highest BCUT2D eigenvalue weighted by molar-refractivity contribution is 7.18. The molecule has 1 saturated heterocycles. The number of nitrogens with zero attached hydrogens (tertiary/aromatic N) is 2. The molecule has 4 rings (SSSR count). The third-order valence-electron chi connectivity index (χ3n) is 5.72. The van der Waals surface area contributed by atoms with Crippen LogP contribution >= 0.6 is 11.3 Å². The van der Waals surface area contributed by atoms with Gasteiger partial charge in [-0.15, -0.1) is 11.3 Å². The Balaban J connectivity index is 1.35. The minimum Gasteiger partial charge on any atom is -0.341 e. The van der Waals surface area contributed by atoms with Crippen LogP contribution in [0.3, 0.4) is 0 Å². The molecule has 0 spiro atoms. The number of anilines is 1. The van der Waals surface area contributed by atoms with Gasteiger partial charge >= 0.3 is 6.03 Å².